The number of hydrogen-bond donors (Lipinski definition) is 2. The van der Waals surface area contributed by atoms with E-state index in [4.69, 9.17) is 5.11 Å². The molecule has 0 aliphatic carbocycles. The van der Waals surface area contributed by atoms with E-state index < -0.39 is 0 Å². The minimum absolute atomic E-state index is 0.270. The van der Waals surface area contributed by atoms with Crippen molar-refractivity contribution in [2.24, 2.45) is 7.05 Å². The van der Waals surface area contributed by atoms with E-state index in [1.807, 2.05) is 24.0 Å². The Morgan fingerprint density at radius 1 is 1.53 bits per heavy atom. The Kier molecular flexibility index (Phi) is 4.78. The Hall–Kier alpha value is -0.870. The van der Waals surface area contributed by atoms with Gasteiger partial charge in [0.15, 0.2) is 0 Å². The quantitative estimate of drug-likeness (QED) is 0.744. The summed E-state index contributed by atoms with van der Waals surface area (Å²) < 4.78 is 1.89. The van der Waals surface area contributed by atoms with Crippen molar-refractivity contribution in [3.8, 4) is 0 Å². The van der Waals surface area contributed by atoms with Crippen LogP contribution in [0, 0.1) is 0 Å². The molecule has 2 N–H and O–H groups in total. The number of nitrogens with one attached hydrogen (secondary N) is 1. The third-order valence-electron chi connectivity index (χ3n) is 2.63. The van der Waals surface area contributed by atoms with Crippen LogP contribution in [0.2, 0.25) is 0 Å². The molecule has 4 heteroatoms. The van der Waals surface area contributed by atoms with Crippen LogP contribution in [0.1, 0.15) is 38.4 Å². The molecule has 0 radical (unpaired) electrons. The van der Waals surface area contributed by atoms with E-state index in [1.165, 1.54) is 5.69 Å². The monoisotopic (exact) mass is 211 g/mol. The third-order valence-corrected chi connectivity index (χ3v) is 2.63. The van der Waals surface area contributed by atoms with Gasteiger partial charge in [0, 0.05) is 31.9 Å². The molecule has 0 aliphatic rings. The van der Waals surface area contributed by atoms with Gasteiger partial charge in [0.2, 0.25) is 0 Å². The first-order valence-electron chi connectivity index (χ1n) is 5.50. The Bertz CT molecular complexity index is 285. The smallest absolute Gasteiger partial charge is 0.0547 e. The van der Waals surface area contributed by atoms with E-state index in [1.54, 1.807) is 0 Å². The number of aryl methyl sites for hydroxylation is 1. The van der Waals surface area contributed by atoms with Crippen molar-refractivity contribution in [2.75, 3.05) is 6.61 Å². The summed E-state index contributed by atoms with van der Waals surface area (Å²) in [6.07, 6.45) is 3.66. The van der Waals surface area contributed by atoms with Crippen molar-refractivity contribution in [2.45, 2.75) is 38.8 Å². The molecule has 0 spiro atoms. The molecule has 0 bridgehead atoms. The molecule has 0 amide bonds. The number of aromatic nitrogens is 2. The molecule has 1 aromatic rings. The van der Waals surface area contributed by atoms with Crippen LogP contribution in [-0.4, -0.2) is 27.5 Å². The molecule has 4 nitrogen and oxygen atoms in total. The highest BCUT2D eigenvalue weighted by molar-refractivity contribution is 5.05. The summed E-state index contributed by atoms with van der Waals surface area (Å²) in [6, 6.07) is 2.74. The van der Waals surface area contributed by atoms with Crippen molar-refractivity contribution < 1.29 is 5.11 Å². The molecular weight excluding hydrogens is 190 g/mol. The summed E-state index contributed by atoms with van der Waals surface area (Å²) in [5, 5.41) is 16.4. The van der Waals surface area contributed by atoms with Crippen molar-refractivity contribution in [3.05, 3.63) is 18.0 Å². The lowest BCUT2D eigenvalue weighted by atomic mass is 10.1. The maximum absolute atomic E-state index is 8.74. The van der Waals surface area contributed by atoms with Gasteiger partial charge in [0.05, 0.1) is 5.69 Å². The van der Waals surface area contributed by atoms with Gasteiger partial charge in [0.1, 0.15) is 0 Å². The predicted molar refractivity (Wildman–Crippen MR) is 60.5 cm³/mol. The Labute approximate surface area is 91.3 Å². The fraction of sp³-hybridized carbons (Fsp3) is 0.727. The number of hydrogen-bond acceptors (Lipinski definition) is 3. The normalized spacial score (nSPS) is 15.2. The highest BCUT2D eigenvalue weighted by atomic mass is 16.2. The number of nitrogens with zero attached hydrogens (tertiary/aromatic N) is 2. The van der Waals surface area contributed by atoms with Gasteiger partial charge < -0.3 is 10.4 Å². The Morgan fingerprint density at radius 3 is 2.80 bits per heavy atom. The zero-order valence-electron chi connectivity index (χ0n) is 9.77. The van der Waals surface area contributed by atoms with Gasteiger partial charge in [0.25, 0.3) is 0 Å². The fourth-order valence-corrected chi connectivity index (χ4v) is 1.80. The SMILES string of the molecule is CC(CCCO)NC(C)c1ccnn1C. The summed E-state index contributed by atoms with van der Waals surface area (Å²) in [5.41, 5.74) is 1.19. The molecule has 15 heavy (non-hydrogen) atoms. The van der Waals surface area contributed by atoms with Crippen LogP contribution >= 0.6 is 0 Å². The summed E-state index contributed by atoms with van der Waals surface area (Å²) >= 11 is 0. The second-order valence-electron chi connectivity index (χ2n) is 4.03. The minimum atomic E-state index is 0.270. The number of rotatable bonds is 6. The van der Waals surface area contributed by atoms with Crippen molar-refractivity contribution in [3.63, 3.8) is 0 Å². The average molecular weight is 211 g/mol. The van der Waals surface area contributed by atoms with Crippen LogP contribution in [0.3, 0.4) is 0 Å². The van der Waals surface area contributed by atoms with Crippen molar-refractivity contribution in [1.82, 2.24) is 15.1 Å². The molecule has 2 unspecified atom stereocenters. The zero-order chi connectivity index (χ0) is 11.3. The highest BCUT2D eigenvalue weighted by Gasteiger charge is 2.11. The summed E-state index contributed by atoms with van der Waals surface area (Å²) in [6.45, 7) is 4.54. The Balaban J connectivity index is 2.42. The van der Waals surface area contributed by atoms with Gasteiger partial charge in [-0.25, -0.2) is 0 Å². The summed E-state index contributed by atoms with van der Waals surface area (Å²) in [5.74, 6) is 0. The topological polar surface area (TPSA) is 50.1 Å². The lowest BCUT2D eigenvalue weighted by molar-refractivity contribution is 0.274. The summed E-state index contributed by atoms with van der Waals surface area (Å²) in [7, 11) is 1.95. The molecule has 1 heterocycles. The zero-order valence-corrected chi connectivity index (χ0v) is 9.77. The van der Waals surface area contributed by atoms with Gasteiger partial charge in [-0.2, -0.15) is 5.10 Å². The molecule has 1 aromatic heterocycles. The standard InChI is InChI=1S/C11H21N3O/c1-9(5-4-8-15)13-10(2)11-6-7-12-14(11)3/h6-7,9-10,13,15H,4-5,8H2,1-3H3. The number of aliphatic hydroxyl groups excluding tert-OH is 1. The van der Waals surface area contributed by atoms with E-state index in [2.05, 4.69) is 24.3 Å². The van der Waals surface area contributed by atoms with Gasteiger partial charge in [-0.15, -0.1) is 0 Å². The number of aliphatic hydroxyl groups is 1. The van der Waals surface area contributed by atoms with Crippen LogP contribution in [0.15, 0.2) is 12.3 Å². The molecule has 86 valence electrons. The molecule has 0 fully saturated rings. The molecule has 0 saturated heterocycles. The molecule has 0 aliphatic heterocycles. The van der Waals surface area contributed by atoms with E-state index in [0.29, 0.717) is 12.1 Å². The van der Waals surface area contributed by atoms with E-state index in [0.717, 1.165) is 12.8 Å². The second kappa shape index (κ2) is 5.88. The molecular formula is C11H21N3O. The van der Waals surface area contributed by atoms with E-state index in [9.17, 15) is 0 Å². The van der Waals surface area contributed by atoms with Crippen LogP contribution in [-0.2, 0) is 7.05 Å². The first-order valence-corrected chi connectivity index (χ1v) is 5.50. The van der Waals surface area contributed by atoms with Crippen LogP contribution in [0.25, 0.3) is 0 Å². The predicted octanol–water partition coefficient (Wildman–Crippen LogP) is 1.23. The minimum Gasteiger partial charge on any atom is -0.396 e. The fourth-order valence-electron chi connectivity index (χ4n) is 1.80. The maximum atomic E-state index is 8.74. The van der Waals surface area contributed by atoms with Crippen LogP contribution in [0.5, 0.6) is 0 Å². The van der Waals surface area contributed by atoms with E-state index in [-0.39, 0.29) is 6.61 Å². The van der Waals surface area contributed by atoms with Crippen LogP contribution in [0.4, 0.5) is 0 Å². The van der Waals surface area contributed by atoms with Gasteiger partial charge in [-0.1, -0.05) is 0 Å². The van der Waals surface area contributed by atoms with Crippen molar-refractivity contribution >= 4 is 0 Å². The average Bonchev–Trinajstić information content (AvgIpc) is 2.61. The van der Waals surface area contributed by atoms with Gasteiger partial charge >= 0.3 is 0 Å². The molecule has 2 atom stereocenters. The largest absolute Gasteiger partial charge is 0.396 e. The third kappa shape index (κ3) is 3.64. The van der Waals surface area contributed by atoms with Crippen molar-refractivity contribution in [1.29, 1.82) is 0 Å². The molecule has 0 saturated carbocycles. The summed E-state index contributed by atoms with van der Waals surface area (Å²) in [4.78, 5) is 0. The van der Waals surface area contributed by atoms with Gasteiger partial charge in [-0.05, 0) is 32.8 Å². The molecule has 0 aromatic carbocycles. The first kappa shape index (κ1) is 12.2. The maximum Gasteiger partial charge on any atom is 0.0547 e. The first-order chi connectivity index (χ1) is 7.15. The molecule has 1 rings (SSSR count). The van der Waals surface area contributed by atoms with E-state index >= 15 is 0 Å². The Morgan fingerprint density at radius 2 is 2.27 bits per heavy atom. The lowest BCUT2D eigenvalue weighted by Crippen LogP contribution is -2.30. The van der Waals surface area contributed by atoms with Crippen LogP contribution < -0.4 is 5.32 Å². The highest BCUT2D eigenvalue weighted by Crippen LogP contribution is 2.12. The lowest BCUT2D eigenvalue weighted by Gasteiger charge is -2.19. The second-order valence-corrected chi connectivity index (χ2v) is 4.03. The van der Waals surface area contributed by atoms with Gasteiger partial charge in [-0.3, -0.25) is 4.68 Å².